The minimum absolute atomic E-state index is 0.569. The van der Waals surface area contributed by atoms with E-state index in [0.29, 0.717) is 0 Å². The van der Waals surface area contributed by atoms with Crippen LogP contribution in [0, 0.1) is 0 Å². The summed E-state index contributed by atoms with van der Waals surface area (Å²) >= 11 is 0. The highest BCUT2D eigenvalue weighted by Gasteiger charge is 2.51. The van der Waals surface area contributed by atoms with Crippen LogP contribution in [0.4, 0.5) is 17.1 Å². The van der Waals surface area contributed by atoms with E-state index in [1.54, 1.807) is 0 Å². The molecule has 0 saturated carbocycles. The Kier molecular flexibility index (Phi) is 7.61. The molecule has 0 aliphatic carbocycles. The van der Waals surface area contributed by atoms with Crippen LogP contribution in [0.5, 0.6) is 11.5 Å². The predicted molar refractivity (Wildman–Crippen MR) is 234 cm³/mol. The standard InChI is InChI=1S/C53H36NOSi/c1-3-16-37(17-4-1)38-30-32-40(33-31-38)54(48-26-15-19-39-18-7-8-22-43(39)48)41-34-35-47-52(36-41)56(42-20-5-2-6-21-42)51-29-14-11-25-46(51)53(47)44-23-9-12-27-49(44)55-50-28-13-10-24-45(50)53/h1-36H. The van der Waals surface area contributed by atoms with E-state index in [4.69, 9.17) is 4.74 Å². The molecule has 1 spiro atoms. The van der Waals surface area contributed by atoms with Gasteiger partial charge in [0.15, 0.2) is 8.80 Å². The Morgan fingerprint density at radius 2 is 0.946 bits per heavy atom. The van der Waals surface area contributed by atoms with Crippen molar-refractivity contribution in [3.63, 3.8) is 0 Å². The van der Waals surface area contributed by atoms with Crippen LogP contribution in [0.1, 0.15) is 22.3 Å². The van der Waals surface area contributed by atoms with Crippen LogP contribution >= 0.6 is 0 Å². The van der Waals surface area contributed by atoms with Gasteiger partial charge in [0.05, 0.1) is 11.1 Å². The third-order valence-electron chi connectivity index (χ3n) is 11.6. The van der Waals surface area contributed by atoms with Crippen LogP contribution in [-0.4, -0.2) is 8.80 Å². The van der Waals surface area contributed by atoms with Gasteiger partial charge >= 0.3 is 0 Å². The molecule has 9 aromatic carbocycles. The average Bonchev–Trinajstić information content (AvgIpc) is 3.27. The zero-order valence-corrected chi connectivity index (χ0v) is 31.6. The second-order valence-electron chi connectivity index (χ2n) is 14.6. The van der Waals surface area contributed by atoms with Gasteiger partial charge in [-0.15, -0.1) is 0 Å². The third kappa shape index (κ3) is 4.95. The van der Waals surface area contributed by atoms with Gasteiger partial charge in [-0.05, 0) is 80.5 Å². The first-order valence-electron chi connectivity index (χ1n) is 19.3. The van der Waals surface area contributed by atoms with Crippen molar-refractivity contribution in [1.29, 1.82) is 0 Å². The van der Waals surface area contributed by atoms with Crippen molar-refractivity contribution in [2.24, 2.45) is 0 Å². The van der Waals surface area contributed by atoms with Crippen molar-refractivity contribution in [3.05, 3.63) is 241 Å². The van der Waals surface area contributed by atoms with Gasteiger partial charge in [0.2, 0.25) is 0 Å². The van der Waals surface area contributed by atoms with E-state index >= 15 is 0 Å². The van der Waals surface area contributed by atoms with Gasteiger partial charge < -0.3 is 9.64 Å². The molecule has 2 aliphatic heterocycles. The van der Waals surface area contributed by atoms with E-state index in [-0.39, 0.29) is 0 Å². The molecule has 0 N–H and O–H groups in total. The van der Waals surface area contributed by atoms with Crippen molar-refractivity contribution in [2.75, 3.05) is 4.90 Å². The summed E-state index contributed by atoms with van der Waals surface area (Å²) in [5.41, 5.74) is 10.2. The summed E-state index contributed by atoms with van der Waals surface area (Å²) in [6, 6.07) is 80.0. The van der Waals surface area contributed by atoms with E-state index in [2.05, 4.69) is 223 Å². The van der Waals surface area contributed by atoms with Gasteiger partial charge in [-0.3, -0.25) is 0 Å². The summed E-state index contributed by atoms with van der Waals surface area (Å²) < 4.78 is 6.71. The molecule has 1 radical (unpaired) electrons. The molecule has 0 unspecified atom stereocenters. The maximum absolute atomic E-state index is 6.71. The minimum Gasteiger partial charge on any atom is -0.457 e. The zero-order valence-electron chi connectivity index (χ0n) is 30.6. The molecule has 9 aromatic rings. The number of fused-ring (bicyclic) bond motifs is 9. The SMILES string of the molecule is c1ccc(-c2ccc(N(c3ccc4c(c3)[Si](c3ccccc3)c3ccccc3C43c4ccccc4Oc4ccccc43)c3cccc4ccccc34)cc2)cc1. The average molecular weight is 731 g/mol. The molecule has 0 aromatic heterocycles. The number of ether oxygens (including phenoxy) is 1. The lowest BCUT2D eigenvalue weighted by atomic mass is 9.63. The molecule has 263 valence electrons. The lowest BCUT2D eigenvalue weighted by Gasteiger charge is -2.47. The van der Waals surface area contributed by atoms with E-state index in [1.165, 1.54) is 59.7 Å². The van der Waals surface area contributed by atoms with Crippen molar-refractivity contribution < 1.29 is 4.74 Å². The van der Waals surface area contributed by atoms with E-state index in [0.717, 1.165) is 28.6 Å². The lowest BCUT2D eigenvalue weighted by Crippen LogP contribution is -2.62. The predicted octanol–water partition coefficient (Wildman–Crippen LogP) is 11.3. The van der Waals surface area contributed by atoms with E-state index in [9.17, 15) is 0 Å². The van der Waals surface area contributed by atoms with Crippen LogP contribution < -0.4 is 25.2 Å². The molecule has 0 atom stereocenters. The highest BCUT2D eigenvalue weighted by atomic mass is 28.3. The fourth-order valence-corrected chi connectivity index (χ4v) is 12.4. The smallest absolute Gasteiger partial charge is 0.155 e. The van der Waals surface area contributed by atoms with Crippen molar-refractivity contribution in [1.82, 2.24) is 0 Å². The molecule has 2 aliphatic rings. The second-order valence-corrected chi connectivity index (χ2v) is 17.0. The molecular weight excluding hydrogens is 695 g/mol. The first-order chi connectivity index (χ1) is 27.8. The number of hydrogen-bond donors (Lipinski definition) is 0. The quantitative estimate of drug-likeness (QED) is 0.164. The molecule has 0 fully saturated rings. The largest absolute Gasteiger partial charge is 0.457 e. The normalized spacial score (nSPS) is 13.6. The number of anilines is 3. The van der Waals surface area contributed by atoms with Crippen LogP contribution in [0.3, 0.4) is 0 Å². The van der Waals surface area contributed by atoms with Gasteiger partial charge in [-0.2, -0.15) is 0 Å². The fraction of sp³-hybridized carbons (Fsp3) is 0.0189. The molecule has 3 heteroatoms. The van der Waals surface area contributed by atoms with Crippen LogP contribution in [-0.2, 0) is 5.41 Å². The lowest BCUT2D eigenvalue weighted by molar-refractivity contribution is 0.435. The maximum Gasteiger partial charge on any atom is 0.155 e. The van der Waals surface area contributed by atoms with Crippen molar-refractivity contribution >= 4 is 52.2 Å². The summed E-state index contributed by atoms with van der Waals surface area (Å²) in [4.78, 5) is 2.46. The Labute approximate surface area is 329 Å². The van der Waals surface area contributed by atoms with Gasteiger partial charge in [-0.25, -0.2) is 0 Å². The van der Waals surface area contributed by atoms with E-state index in [1.807, 2.05) is 0 Å². The summed E-state index contributed by atoms with van der Waals surface area (Å²) in [5.74, 6) is 1.81. The van der Waals surface area contributed by atoms with Gasteiger partial charge in [-0.1, -0.05) is 181 Å². The molecular formula is C53H36NOSi. The fourth-order valence-electron chi connectivity index (χ4n) is 9.28. The summed E-state index contributed by atoms with van der Waals surface area (Å²) in [6.07, 6.45) is 0. The number of benzene rings is 9. The van der Waals surface area contributed by atoms with Crippen LogP contribution in [0.2, 0.25) is 0 Å². The molecule has 2 heterocycles. The molecule has 2 nitrogen and oxygen atoms in total. The first-order valence-corrected chi connectivity index (χ1v) is 20.8. The number of para-hydroxylation sites is 2. The first kappa shape index (κ1) is 32.5. The summed E-state index contributed by atoms with van der Waals surface area (Å²) in [6.45, 7) is 0. The molecule has 56 heavy (non-hydrogen) atoms. The highest BCUT2D eigenvalue weighted by Crippen LogP contribution is 2.56. The molecule has 0 bridgehead atoms. The second kappa shape index (κ2) is 13.1. The zero-order chi connectivity index (χ0) is 37.1. The monoisotopic (exact) mass is 730 g/mol. The van der Waals surface area contributed by atoms with Gasteiger partial charge in [0.1, 0.15) is 11.5 Å². The number of hydrogen-bond acceptors (Lipinski definition) is 2. The van der Waals surface area contributed by atoms with Gasteiger partial charge in [0.25, 0.3) is 0 Å². The molecule has 0 amide bonds. The Balaban J connectivity index is 1.21. The van der Waals surface area contributed by atoms with Crippen molar-refractivity contribution in [3.8, 4) is 22.6 Å². The third-order valence-corrected chi connectivity index (χ3v) is 14.5. The summed E-state index contributed by atoms with van der Waals surface area (Å²) in [5, 5.41) is 6.59. The summed E-state index contributed by atoms with van der Waals surface area (Å²) in [7, 11) is -1.49. The Bertz CT molecular complexity index is 2850. The highest BCUT2D eigenvalue weighted by molar-refractivity contribution is 6.96. The van der Waals surface area contributed by atoms with E-state index < -0.39 is 14.2 Å². The Morgan fingerprint density at radius 1 is 0.393 bits per heavy atom. The minimum atomic E-state index is -1.49. The Hall–Kier alpha value is -6.94. The maximum atomic E-state index is 6.71. The topological polar surface area (TPSA) is 12.5 Å². The number of nitrogens with zero attached hydrogens (tertiary/aromatic N) is 1. The Morgan fingerprint density at radius 3 is 1.70 bits per heavy atom. The van der Waals surface area contributed by atoms with Crippen LogP contribution in [0.25, 0.3) is 21.9 Å². The van der Waals surface area contributed by atoms with Gasteiger partial charge in [0, 0.05) is 27.9 Å². The molecule has 11 rings (SSSR count). The van der Waals surface area contributed by atoms with Crippen molar-refractivity contribution in [2.45, 2.75) is 5.41 Å². The number of rotatable bonds is 5. The molecule has 0 saturated heterocycles. The van der Waals surface area contributed by atoms with Crippen LogP contribution in [0.15, 0.2) is 218 Å².